The molecular formula is C15H15N5O2S. The molecular weight excluding hydrogens is 314 g/mol. The van der Waals surface area contributed by atoms with Crippen molar-refractivity contribution in [1.82, 2.24) is 20.2 Å². The van der Waals surface area contributed by atoms with Crippen LogP contribution in [0.15, 0.2) is 53.4 Å². The molecule has 0 atom stereocenters. The first-order chi connectivity index (χ1) is 10.9. The summed E-state index contributed by atoms with van der Waals surface area (Å²) >= 11 is 0. The molecule has 23 heavy (non-hydrogen) atoms. The number of rotatable bonds is 4. The van der Waals surface area contributed by atoms with Crippen molar-refractivity contribution in [2.75, 3.05) is 4.72 Å². The Labute approximate surface area is 134 Å². The Morgan fingerprint density at radius 1 is 1.00 bits per heavy atom. The number of nitrogens with one attached hydrogen (secondary N) is 1. The third-order valence-electron chi connectivity index (χ3n) is 3.23. The quantitative estimate of drug-likeness (QED) is 0.790. The molecule has 0 radical (unpaired) electrons. The smallest absolute Gasteiger partial charge is 0.261 e. The van der Waals surface area contributed by atoms with Crippen LogP contribution in [0.3, 0.4) is 0 Å². The second-order valence-corrected chi connectivity index (χ2v) is 6.78. The maximum atomic E-state index is 12.3. The highest BCUT2D eigenvalue weighted by Gasteiger charge is 2.14. The molecule has 0 saturated carbocycles. The Bertz CT molecular complexity index is 915. The van der Waals surface area contributed by atoms with Crippen LogP contribution in [0.2, 0.25) is 0 Å². The van der Waals surface area contributed by atoms with Crippen LogP contribution in [0, 0.1) is 6.92 Å². The Hall–Kier alpha value is -2.74. The molecule has 1 heterocycles. The summed E-state index contributed by atoms with van der Waals surface area (Å²) in [6.45, 7) is 1.91. The summed E-state index contributed by atoms with van der Waals surface area (Å²) in [6, 6.07) is 13.5. The minimum Gasteiger partial charge on any atom is -0.280 e. The number of hydrogen-bond donors (Lipinski definition) is 1. The number of sulfonamides is 1. The van der Waals surface area contributed by atoms with Gasteiger partial charge in [0.1, 0.15) is 0 Å². The number of anilines is 1. The fraction of sp³-hybridized carbons (Fsp3) is 0.133. The van der Waals surface area contributed by atoms with E-state index in [9.17, 15) is 8.42 Å². The van der Waals surface area contributed by atoms with Gasteiger partial charge in [0.25, 0.3) is 10.0 Å². The Morgan fingerprint density at radius 2 is 1.65 bits per heavy atom. The fourth-order valence-electron chi connectivity index (χ4n) is 2.02. The van der Waals surface area contributed by atoms with Gasteiger partial charge < -0.3 is 0 Å². The molecule has 3 rings (SSSR count). The molecule has 118 valence electrons. The van der Waals surface area contributed by atoms with Gasteiger partial charge in [0.2, 0.25) is 5.82 Å². The standard InChI is InChI=1S/C15H15N5O2S/c1-11-3-9-14(10-4-11)23(21,22)18-13-7-5-12(6-8-13)15-16-19-20(2)17-15/h3-10,18H,1-2H3. The van der Waals surface area contributed by atoms with E-state index < -0.39 is 10.0 Å². The first-order valence-electron chi connectivity index (χ1n) is 6.88. The van der Waals surface area contributed by atoms with Gasteiger partial charge in [-0.25, -0.2) is 8.42 Å². The van der Waals surface area contributed by atoms with Crippen molar-refractivity contribution in [3.63, 3.8) is 0 Å². The maximum Gasteiger partial charge on any atom is 0.261 e. The zero-order valence-electron chi connectivity index (χ0n) is 12.6. The Kier molecular flexibility index (Phi) is 3.83. The highest BCUT2D eigenvalue weighted by atomic mass is 32.2. The zero-order valence-corrected chi connectivity index (χ0v) is 13.4. The number of aryl methyl sites for hydroxylation is 2. The molecule has 1 N–H and O–H groups in total. The minimum atomic E-state index is -3.60. The fourth-order valence-corrected chi connectivity index (χ4v) is 3.08. The average Bonchev–Trinajstić information content (AvgIpc) is 2.95. The van der Waals surface area contributed by atoms with Crippen LogP contribution >= 0.6 is 0 Å². The number of aromatic nitrogens is 4. The summed E-state index contributed by atoms with van der Waals surface area (Å²) in [5.74, 6) is 0.487. The van der Waals surface area contributed by atoms with Crippen molar-refractivity contribution in [2.24, 2.45) is 7.05 Å². The van der Waals surface area contributed by atoms with E-state index in [1.54, 1.807) is 55.6 Å². The molecule has 0 bridgehead atoms. The highest BCUT2D eigenvalue weighted by molar-refractivity contribution is 7.92. The molecule has 0 unspecified atom stereocenters. The van der Waals surface area contributed by atoms with Crippen molar-refractivity contribution < 1.29 is 8.42 Å². The first-order valence-corrected chi connectivity index (χ1v) is 8.36. The lowest BCUT2D eigenvalue weighted by molar-refractivity contribution is 0.601. The van der Waals surface area contributed by atoms with Crippen molar-refractivity contribution in [3.8, 4) is 11.4 Å². The zero-order chi connectivity index (χ0) is 16.4. The molecule has 0 aliphatic carbocycles. The van der Waals surface area contributed by atoms with E-state index in [-0.39, 0.29) is 4.90 Å². The molecule has 8 heteroatoms. The van der Waals surface area contributed by atoms with Crippen LogP contribution in [0.5, 0.6) is 0 Å². The third-order valence-corrected chi connectivity index (χ3v) is 4.63. The second kappa shape index (κ2) is 5.81. The molecule has 0 fully saturated rings. The summed E-state index contributed by atoms with van der Waals surface area (Å²) in [5, 5.41) is 11.8. The number of benzene rings is 2. The topological polar surface area (TPSA) is 89.8 Å². The van der Waals surface area contributed by atoms with E-state index in [4.69, 9.17) is 0 Å². The van der Waals surface area contributed by atoms with E-state index in [0.717, 1.165) is 11.1 Å². The van der Waals surface area contributed by atoms with Crippen LogP contribution in [0.25, 0.3) is 11.4 Å². The first kappa shape index (κ1) is 15.2. The lowest BCUT2D eigenvalue weighted by Crippen LogP contribution is -2.12. The van der Waals surface area contributed by atoms with Crippen molar-refractivity contribution in [3.05, 3.63) is 54.1 Å². The van der Waals surface area contributed by atoms with Crippen LogP contribution in [-0.4, -0.2) is 28.6 Å². The van der Waals surface area contributed by atoms with Crippen LogP contribution < -0.4 is 4.72 Å². The monoisotopic (exact) mass is 329 g/mol. The average molecular weight is 329 g/mol. The molecule has 0 amide bonds. The lowest BCUT2D eigenvalue weighted by Gasteiger charge is -2.08. The van der Waals surface area contributed by atoms with Gasteiger partial charge in [0.15, 0.2) is 0 Å². The number of tetrazole rings is 1. The molecule has 0 saturated heterocycles. The van der Waals surface area contributed by atoms with E-state index in [0.29, 0.717) is 11.5 Å². The highest BCUT2D eigenvalue weighted by Crippen LogP contribution is 2.20. The van der Waals surface area contributed by atoms with Gasteiger partial charge in [0, 0.05) is 11.3 Å². The van der Waals surface area contributed by atoms with Gasteiger partial charge in [-0.15, -0.1) is 10.2 Å². The molecule has 0 spiro atoms. The predicted octanol–water partition coefficient (Wildman–Crippen LogP) is 1.99. The molecule has 2 aromatic carbocycles. The van der Waals surface area contributed by atoms with Crippen LogP contribution in [-0.2, 0) is 17.1 Å². The van der Waals surface area contributed by atoms with Crippen molar-refractivity contribution in [2.45, 2.75) is 11.8 Å². The summed E-state index contributed by atoms with van der Waals surface area (Å²) in [5.41, 5.74) is 2.24. The molecule has 1 aromatic heterocycles. The Morgan fingerprint density at radius 3 is 2.22 bits per heavy atom. The Balaban J connectivity index is 1.81. The minimum absolute atomic E-state index is 0.225. The van der Waals surface area contributed by atoms with Gasteiger partial charge >= 0.3 is 0 Å². The van der Waals surface area contributed by atoms with Crippen LogP contribution in [0.1, 0.15) is 5.56 Å². The summed E-state index contributed by atoms with van der Waals surface area (Å²) in [6.07, 6.45) is 0. The van der Waals surface area contributed by atoms with E-state index in [1.807, 2.05) is 6.92 Å². The van der Waals surface area contributed by atoms with Crippen molar-refractivity contribution in [1.29, 1.82) is 0 Å². The van der Waals surface area contributed by atoms with E-state index in [1.165, 1.54) is 4.80 Å². The number of nitrogens with zero attached hydrogens (tertiary/aromatic N) is 4. The van der Waals surface area contributed by atoms with Gasteiger partial charge in [-0.05, 0) is 48.5 Å². The summed E-state index contributed by atoms with van der Waals surface area (Å²) in [4.78, 5) is 1.59. The molecule has 3 aromatic rings. The van der Waals surface area contributed by atoms with Gasteiger partial charge in [-0.2, -0.15) is 4.80 Å². The second-order valence-electron chi connectivity index (χ2n) is 5.10. The summed E-state index contributed by atoms with van der Waals surface area (Å²) < 4.78 is 27.2. The van der Waals surface area contributed by atoms with Gasteiger partial charge in [-0.1, -0.05) is 17.7 Å². The third kappa shape index (κ3) is 3.37. The normalized spacial score (nSPS) is 11.4. The predicted molar refractivity (Wildman–Crippen MR) is 86.2 cm³/mol. The van der Waals surface area contributed by atoms with Gasteiger partial charge in [-0.3, -0.25) is 4.72 Å². The van der Waals surface area contributed by atoms with Crippen LogP contribution in [0.4, 0.5) is 5.69 Å². The van der Waals surface area contributed by atoms with Gasteiger partial charge in [0.05, 0.1) is 11.9 Å². The maximum absolute atomic E-state index is 12.3. The van der Waals surface area contributed by atoms with Crippen molar-refractivity contribution >= 4 is 15.7 Å². The lowest BCUT2D eigenvalue weighted by atomic mass is 10.2. The van der Waals surface area contributed by atoms with E-state index in [2.05, 4.69) is 20.1 Å². The van der Waals surface area contributed by atoms with E-state index >= 15 is 0 Å². The summed E-state index contributed by atoms with van der Waals surface area (Å²) in [7, 11) is -1.92. The molecule has 0 aliphatic rings. The number of hydrogen-bond acceptors (Lipinski definition) is 5. The largest absolute Gasteiger partial charge is 0.280 e. The SMILES string of the molecule is Cc1ccc(S(=O)(=O)Nc2ccc(-c3nnn(C)n3)cc2)cc1. The molecule has 0 aliphatic heterocycles. The molecule has 7 nitrogen and oxygen atoms in total.